The number of carboxylic acids is 1. The number of hydrogen-bond acceptors (Lipinski definition) is 5. The van der Waals surface area contributed by atoms with Crippen molar-refractivity contribution in [3.63, 3.8) is 0 Å². The molecule has 0 saturated heterocycles. The van der Waals surface area contributed by atoms with E-state index in [2.05, 4.69) is 9.46 Å². The summed E-state index contributed by atoms with van der Waals surface area (Å²) in [6.45, 7) is 0.0614. The van der Waals surface area contributed by atoms with Gasteiger partial charge in [0.25, 0.3) is 0 Å². The highest BCUT2D eigenvalue weighted by Crippen LogP contribution is 2.42. The van der Waals surface area contributed by atoms with Crippen molar-refractivity contribution in [2.24, 2.45) is 5.41 Å². The number of rotatable bonds is 8. The average Bonchev–Trinajstić information content (AvgIpc) is 2.28. The molecule has 1 aliphatic carbocycles. The van der Waals surface area contributed by atoms with Crippen molar-refractivity contribution in [3.8, 4) is 0 Å². The Labute approximate surface area is 112 Å². The third-order valence-corrected chi connectivity index (χ3v) is 4.86. The maximum Gasteiger partial charge on any atom is 0.312 e. The van der Waals surface area contributed by atoms with Crippen molar-refractivity contribution < 1.29 is 27.9 Å². The Morgan fingerprint density at radius 1 is 1.37 bits per heavy atom. The van der Waals surface area contributed by atoms with Gasteiger partial charge < -0.3 is 9.84 Å². The molecule has 0 radical (unpaired) electrons. The molecule has 1 saturated carbocycles. The number of hydrogen-bond donors (Lipinski definition) is 2. The lowest BCUT2D eigenvalue weighted by Crippen LogP contribution is -2.47. The summed E-state index contributed by atoms with van der Waals surface area (Å²) in [5.74, 6) is -1.75. The number of carbonyl (C=O) groups excluding carboxylic acids is 1. The van der Waals surface area contributed by atoms with Crippen LogP contribution in [-0.4, -0.2) is 44.9 Å². The molecule has 0 aromatic carbocycles. The second-order valence-electron chi connectivity index (χ2n) is 4.78. The minimum Gasteiger partial charge on any atom is -0.481 e. The molecule has 1 aliphatic rings. The van der Waals surface area contributed by atoms with Gasteiger partial charge in [0.05, 0.1) is 18.3 Å². The van der Waals surface area contributed by atoms with E-state index in [9.17, 15) is 18.0 Å². The highest BCUT2D eigenvalue weighted by molar-refractivity contribution is 7.89. The zero-order valence-electron chi connectivity index (χ0n) is 10.8. The summed E-state index contributed by atoms with van der Waals surface area (Å²) in [5.41, 5.74) is -0.923. The summed E-state index contributed by atoms with van der Waals surface area (Å²) in [5, 5.41) is 8.44. The van der Waals surface area contributed by atoms with Gasteiger partial charge in [0.15, 0.2) is 0 Å². The van der Waals surface area contributed by atoms with Crippen LogP contribution >= 0.6 is 0 Å². The Bertz CT molecular complexity index is 440. The van der Waals surface area contributed by atoms with Crippen molar-refractivity contribution in [3.05, 3.63) is 0 Å². The summed E-state index contributed by atoms with van der Waals surface area (Å²) in [6.07, 6.45) is 1.96. The third-order valence-electron chi connectivity index (χ3n) is 3.28. The van der Waals surface area contributed by atoms with Crippen molar-refractivity contribution in [2.75, 3.05) is 19.4 Å². The second kappa shape index (κ2) is 6.33. The minimum absolute atomic E-state index is 0.0614. The van der Waals surface area contributed by atoms with Gasteiger partial charge in [0.1, 0.15) is 0 Å². The van der Waals surface area contributed by atoms with Gasteiger partial charge in [-0.15, -0.1) is 0 Å². The normalized spacial score (nSPS) is 17.5. The standard InChI is InChI=1S/C11H19NO6S/c1-18-10(15)11(5-3-6-11)8-19(16,17)12-7-2-4-9(13)14/h12H,2-8H2,1H3,(H,13,14). The van der Waals surface area contributed by atoms with Gasteiger partial charge in [0.2, 0.25) is 10.0 Å². The highest BCUT2D eigenvalue weighted by atomic mass is 32.2. The maximum absolute atomic E-state index is 11.8. The summed E-state index contributed by atoms with van der Waals surface area (Å²) < 4.78 is 30.6. The van der Waals surface area contributed by atoms with Crippen molar-refractivity contribution in [2.45, 2.75) is 32.1 Å². The molecule has 19 heavy (non-hydrogen) atoms. The van der Waals surface area contributed by atoms with E-state index in [-0.39, 0.29) is 25.1 Å². The minimum atomic E-state index is -3.60. The summed E-state index contributed by atoms with van der Waals surface area (Å²) in [4.78, 5) is 21.9. The lowest BCUT2D eigenvalue weighted by atomic mass is 9.70. The van der Waals surface area contributed by atoms with E-state index in [4.69, 9.17) is 5.11 Å². The summed E-state index contributed by atoms with van der Waals surface area (Å²) in [7, 11) is -2.35. The van der Waals surface area contributed by atoms with Crippen LogP contribution in [-0.2, 0) is 24.3 Å². The molecule has 1 fully saturated rings. The lowest BCUT2D eigenvalue weighted by Gasteiger charge is -2.38. The molecule has 0 aromatic heterocycles. The van der Waals surface area contributed by atoms with Crippen LogP contribution in [0.2, 0.25) is 0 Å². The predicted molar refractivity (Wildman–Crippen MR) is 67.0 cm³/mol. The van der Waals surface area contributed by atoms with E-state index in [1.54, 1.807) is 0 Å². The zero-order chi connectivity index (χ0) is 14.5. The van der Waals surface area contributed by atoms with E-state index in [1.165, 1.54) is 7.11 Å². The lowest BCUT2D eigenvalue weighted by molar-refractivity contribution is -0.156. The quantitative estimate of drug-likeness (QED) is 0.485. The van der Waals surface area contributed by atoms with E-state index in [0.717, 1.165) is 6.42 Å². The molecule has 7 nitrogen and oxygen atoms in total. The van der Waals surface area contributed by atoms with Crippen LogP contribution in [0.4, 0.5) is 0 Å². The second-order valence-corrected chi connectivity index (χ2v) is 6.58. The van der Waals surface area contributed by atoms with Gasteiger partial charge >= 0.3 is 11.9 Å². The third kappa shape index (κ3) is 4.46. The first-order valence-electron chi connectivity index (χ1n) is 6.09. The molecule has 0 unspecified atom stereocenters. The average molecular weight is 293 g/mol. The molecule has 8 heteroatoms. The van der Waals surface area contributed by atoms with Gasteiger partial charge in [-0.2, -0.15) is 0 Å². The number of carbonyl (C=O) groups is 2. The van der Waals surface area contributed by atoms with Crippen LogP contribution < -0.4 is 4.72 Å². The molecule has 1 rings (SSSR count). The summed E-state index contributed by atoms with van der Waals surface area (Å²) in [6, 6.07) is 0. The van der Waals surface area contributed by atoms with E-state index in [0.29, 0.717) is 12.8 Å². The van der Waals surface area contributed by atoms with Crippen LogP contribution in [0.25, 0.3) is 0 Å². The fraction of sp³-hybridized carbons (Fsp3) is 0.818. The Kier molecular flexibility index (Phi) is 5.30. The van der Waals surface area contributed by atoms with Gasteiger partial charge in [0, 0.05) is 13.0 Å². The SMILES string of the molecule is COC(=O)C1(CS(=O)(=O)NCCCC(=O)O)CCC1. The number of aliphatic carboxylic acids is 1. The monoisotopic (exact) mass is 293 g/mol. The van der Waals surface area contributed by atoms with Gasteiger partial charge in [-0.05, 0) is 19.3 Å². The number of carboxylic acid groups (broad SMARTS) is 1. The van der Waals surface area contributed by atoms with Crippen LogP contribution in [0, 0.1) is 5.41 Å². The Morgan fingerprint density at radius 3 is 2.42 bits per heavy atom. The van der Waals surface area contributed by atoms with Gasteiger partial charge in [-0.1, -0.05) is 6.42 Å². The predicted octanol–water partition coefficient (Wildman–Crippen LogP) is 0.114. The van der Waals surface area contributed by atoms with Gasteiger partial charge in [-0.3, -0.25) is 9.59 Å². The number of sulfonamides is 1. The molecule has 0 amide bonds. The first-order chi connectivity index (χ1) is 8.81. The Hall–Kier alpha value is -1.15. The van der Waals surface area contributed by atoms with E-state index in [1.807, 2.05) is 0 Å². The van der Waals surface area contributed by atoms with Crippen LogP contribution in [0.5, 0.6) is 0 Å². The Morgan fingerprint density at radius 2 is 2.00 bits per heavy atom. The summed E-state index contributed by atoms with van der Waals surface area (Å²) >= 11 is 0. The topological polar surface area (TPSA) is 110 Å². The Balaban J connectivity index is 2.49. The molecule has 0 aliphatic heterocycles. The zero-order valence-corrected chi connectivity index (χ0v) is 11.7. The maximum atomic E-state index is 11.8. The smallest absolute Gasteiger partial charge is 0.312 e. The van der Waals surface area contributed by atoms with Crippen molar-refractivity contribution in [1.82, 2.24) is 4.72 Å². The molecular formula is C11H19NO6S. The fourth-order valence-electron chi connectivity index (χ4n) is 2.11. The van der Waals surface area contributed by atoms with E-state index < -0.39 is 27.4 Å². The molecule has 110 valence electrons. The number of ether oxygens (including phenoxy) is 1. The van der Waals surface area contributed by atoms with E-state index >= 15 is 0 Å². The molecule has 0 atom stereocenters. The van der Waals surface area contributed by atoms with Crippen LogP contribution in [0.1, 0.15) is 32.1 Å². The van der Waals surface area contributed by atoms with Crippen LogP contribution in [0.3, 0.4) is 0 Å². The first kappa shape index (κ1) is 15.9. The van der Waals surface area contributed by atoms with Crippen molar-refractivity contribution in [1.29, 1.82) is 0 Å². The molecule has 0 heterocycles. The first-order valence-corrected chi connectivity index (χ1v) is 7.74. The number of esters is 1. The number of methoxy groups -OCH3 is 1. The fourth-order valence-corrected chi connectivity index (χ4v) is 3.80. The largest absolute Gasteiger partial charge is 0.481 e. The van der Waals surface area contributed by atoms with Gasteiger partial charge in [-0.25, -0.2) is 13.1 Å². The molecular weight excluding hydrogens is 274 g/mol. The molecule has 0 bridgehead atoms. The number of nitrogens with one attached hydrogen (secondary N) is 1. The van der Waals surface area contributed by atoms with Crippen molar-refractivity contribution >= 4 is 22.0 Å². The molecule has 0 aromatic rings. The molecule has 2 N–H and O–H groups in total. The molecule has 0 spiro atoms. The van der Waals surface area contributed by atoms with Crippen LogP contribution in [0.15, 0.2) is 0 Å². The highest BCUT2D eigenvalue weighted by Gasteiger charge is 2.48.